The van der Waals surface area contributed by atoms with Crippen molar-refractivity contribution in [3.05, 3.63) is 59.8 Å². The molecule has 174 valence electrons. The fraction of sp³-hybridized carbons (Fsp3) is 0.304. The Bertz CT molecular complexity index is 1180. The minimum Gasteiger partial charge on any atom is -0.370 e. The van der Waals surface area contributed by atoms with Gasteiger partial charge in [0.2, 0.25) is 5.91 Å². The van der Waals surface area contributed by atoms with Gasteiger partial charge in [-0.05, 0) is 37.1 Å². The number of carbonyl (C=O) groups is 1. The largest absolute Gasteiger partial charge is 0.370 e. The first kappa shape index (κ1) is 23.5. The number of carbonyl (C=O) groups excluding carboxylic acids is 1. The molecule has 3 aromatic rings. The lowest BCUT2D eigenvalue weighted by atomic mass is 9.96. The minimum atomic E-state index is -2.54. The summed E-state index contributed by atoms with van der Waals surface area (Å²) in [6.07, 6.45) is -2.54. The van der Waals surface area contributed by atoms with E-state index in [-0.39, 0.29) is 17.4 Å². The number of nitrogens with zero attached hydrogens (tertiary/aromatic N) is 3. The fourth-order valence-electron chi connectivity index (χ4n) is 3.92. The maximum Gasteiger partial charge on any atom is 0.264 e. The van der Waals surface area contributed by atoms with E-state index in [0.29, 0.717) is 40.2 Å². The van der Waals surface area contributed by atoms with Gasteiger partial charge in [0.25, 0.3) is 6.43 Å². The van der Waals surface area contributed by atoms with Crippen molar-refractivity contribution in [1.82, 2.24) is 4.98 Å². The summed E-state index contributed by atoms with van der Waals surface area (Å²) in [5.41, 5.74) is 2.77. The van der Waals surface area contributed by atoms with Gasteiger partial charge >= 0.3 is 0 Å². The first-order valence-corrected chi connectivity index (χ1v) is 12.5. The molecule has 0 radical (unpaired) electrons. The van der Waals surface area contributed by atoms with Crippen molar-refractivity contribution < 1.29 is 17.8 Å². The molecule has 1 atom stereocenters. The second-order valence-corrected chi connectivity index (χ2v) is 10.0. The van der Waals surface area contributed by atoms with Gasteiger partial charge < -0.3 is 4.90 Å². The highest BCUT2D eigenvalue weighted by atomic mass is 32.2. The Morgan fingerprint density at radius 1 is 1.24 bits per heavy atom. The van der Waals surface area contributed by atoms with Crippen LogP contribution in [0.2, 0.25) is 0 Å². The van der Waals surface area contributed by atoms with E-state index >= 15 is 0 Å². The van der Waals surface area contributed by atoms with Gasteiger partial charge in [-0.3, -0.25) is 9.69 Å². The van der Waals surface area contributed by atoms with Gasteiger partial charge in [0.05, 0.1) is 11.6 Å². The first-order valence-electron chi connectivity index (χ1n) is 10.5. The van der Waals surface area contributed by atoms with Crippen LogP contribution >= 0.6 is 11.3 Å². The number of aryl methyl sites for hydroxylation is 1. The summed E-state index contributed by atoms with van der Waals surface area (Å²) in [6.45, 7) is 5.18. The third kappa shape index (κ3) is 4.68. The van der Waals surface area contributed by atoms with Crippen molar-refractivity contribution >= 4 is 39.0 Å². The van der Waals surface area contributed by atoms with Crippen LogP contribution in [0.3, 0.4) is 0 Å². The second-order valence-electron chi connectivity index (χ2n) is 7.79. The van der Waals surface area contributed by atoms with Crippen molar-refractivity contribution in [3.63, 3.8) is 0 Å². The molecule has 1 amide bonds. The highest BCUT2D eigenvalue weighted by Crippen LogP contribution is 2.34. The van der Waals surface area contributed by atoms with Crippen molar-refractivity contribution in [1.29, 1.82) is 0 Å². The van der Waals surface area contributed by atoms with E-state index in [1.165, 1.54) is 17.4 Å². The number of halogens is 2. The van der Waals surface area contributed by atoms with Crippen LogP contribution in [0.15, 0.2) is 52.7 Å². The van der Waals surface area contributed by atoms with Gasteiger partial charge in [-0.1, -0.05) is 47.7 Å². The summed E-state index contributed by atoms with van der Waals surface area (Å²) in [5, 5.41) is 6.00. The lowest BCUT2D eigenvalue weighted by Crippen LogP contribution is -2.54. The molecular formula is C23H24F2N4O2S2. The number of nitrogens with two attached hydrogens (primary N) is 1. The Kier molecular flexibility index (Phi) is 6.87. The fourth-order valence-corrected chi connectivity index (χ4v) is 5.68. The van der Waals surface area contributed by atoms with Crippen LogP contribution in [0.25, 0.3) is 11.1 Å². The van der Waals surface area contributed by atoms with Crippen LogP contribution in [0, 0.1) is 12.8 Å². The van der Waals surface area contributed by atoms with Crippen LogP contribution in [0.4, 0.5) is 19.6 Å². The smallest absolute Gasteiger partial charge is 0.264 e. The number of alkyl halides is 2. The van der Waals surface area contributed by atoms with Crippen LogP contribution in [0.5, 0.6) is 0 Å². The Morgan fingerprint density at radius 3 is 2.48 bits per heavy atom. The van der Waals surface area contributed by atoms with Crippen LogP contribution in [0.1, 0.15) is 24.6 Å². The molecule has 2 heterocycles. The maximum atomic E-state index is 13.3. The normalized spacial score (nSPS) is 14.9. The number of amides is 1. The van der Waals surface area contributed by atoms with Gasteiger partial charge in [0, 0.05) is 30.9 Å². The molecule has 10 heteroatoms. The Labute approximate surface area is 197 Å². The zero-order valence-electron chi connectivity index (χ0n) is 18.2. The molecule has 6 nitrogen and oxygen atoms in total. The average molecular weight is 491 g/mol. The van der Waals surface area contributed by atoms with E-state index in [1.807, 2.05) is 31.2 Å². The topological polar surface area (TPSA) is 79.5 Å². The Balaban J connectivity index is 1.43. The SMILES string of the molecule is CCN(C(=O)C1CN(c2ccc(-c3ccccc3C(F)F)cc2)C1)c1nc(C)c(S(N)=O)s1. The number of rotatable bonds is 7. The predicted molar refractivity (Wildman–Crippen MR) is 128 cm³/mol. The molecule has 1 saturated heterocycles. The van der Waals surface area contributed by atoms with Gasteiger partial charge in [0.15, 0.2) is 5.13 Å². The summed E-state index contributed by atoms with van der Waals surface area (Å²) < 4.78 is 38.7. The molecule has 0 saturated carbocycles. The summed E-state index contributed by atoms with van der Waals surface area (Å²) in [4.78, 5) is 21.1. The number of thiazole rings is 1. The summed E-state index contributed by atoms with van der Waals surface area (Å²) >= 11 is 1.18. The monoisotopic (exact) mass is 490 g/mol. The summed E-state index contributed by atoms with van der Waals surface area (Å²) in [5.74, 6) is -0.209. The third-order valence-electron chi connectivity index (χ3n) is 5.71. The molecule has 4 rings (SSSR count). The Morgan fingerprint density at radius 2 is 1.91 bits per heavy atom. The molecule has 0 spiro atoms. The highest BCUT2D eigenvalue weighted by molar-refractivity contribution is 7.85. The lowest BCUT2D eigenvalue weighted by molar-refractivity contribution is -0.123. The standard InChI is InChI=1S/C23H24F2N4O2S2/c1-3-29(23-27-14(2)22(32-23)33(26)31)21(30)16-12-28(13-16)17-10-8-15(9-11-17)18-6-4-5-7-19(18)20(24)25/h4-11,16,20H,3,12-13,26H2,1-2H3. The molecule has 1 aliphatic rings. The van der Waals surface area contributed by atoms with E-state index in [2.05, 4.69) is 9.88 Å². The number of aromatic nitrogens is 1. The van der Waals surface area contributed by atoms with E-state index in [9.17, 15) is 17.8 Å². The summed E-state index contributed by atoms with van der Waals surface area (Å²) in [7, 11) is -1.63. The van der Waals surface area contributed by atoms with E-state index in [4.69, 9.17) is 5.14 Å². The molecular weight excluding hydrogens is 466 g/mol. The first-order chi connectivity index (χ1) is 15.8. The zero-order chi connectivity index (χ0) is 23.7. The molecule has 1 aromatic heterocycles. The summed E-state index contributed by atoms with van der Waals surface area (Å²) in [6, 6.07) is 13.9. The van der Waals surface area contributed by atoms with Crippen molar-refractivity contribution in [2.75, 3.05) is 29.4 Å². The maximum absolute atomic E-state index is 13.3. The number of hydrogen-bond acceptors (Lipinski definition) is 5. The van der Waals surface area contributed by atoms with E-state index in [0.717, 1.165) is 11.3 Å². The predicted octanol–water partition coefficient (Wildman–Crippen LogP) is 4.53. The van der Waals surface area contributed by atoms with E-state index in [1.54, 1.807) is 30.0 Å². The van der Waals surface area contributed by atoms with Gasteiger partial charge in [-0.2, -0.15) is 0 Å². The van der Waals surface area contributed by atoms with Gasteiger partial charge in [-0.25, -0.2) is 23.1 Å². The number of anilines is 2. The highest BCUT2D eigenvalue weighted by Gasteiger charge is 2.36. The molecule has 33 heavy (non-hydrogen) atoms. The van der Waals surface area contributed by atoms with Crippen molar-refractivity contribution in [2.24, 2.45) is 11.1 Å². The zero-order valence-corrected chi connectivity index (χ0v) is 19.8. The van der Waals surface area contributed by atoms with Crippen LogP contribution < -0.4 is 14.9 Å². The van der Waals surface area contributed by atoms with Crippen molar-refractivity contribution in [3.8, 4) is 11.1 Å². The lowest BCUT2D eigenvalue weighted by Gasteiger charge is -2.41. The molecule has 1 aliphatic heterocycles. The molecule has 1 unspecified atom stereocenters. The minimum absolute atomic E-state index is 0.0126. The van der Waals surface area contributed by atoms with Crippen LogP contribution in [-0.4, -0.2) is 34.7 Å². The third-order valence-corrected chi connectivity index (χ3v) is 8.09. The van der Waals surface area contributed by atoms with Crippen LogP contribution in [-0.2, 0) is 15.8 Å². The molecule has 0 bridgehead atoms. The van der Waals surface area contributed by atoms with Gasteiger partial charge in [-0.15, -0.1) is 0 Å². The second kappa shape index (κ2) is 9.66. The Hall–Kier alpha value is -2.69. The van der Waals surface area contributed by atoms with Gasteiger partial charge in [0.1, 0.15) is 15.2 Å². The molecule has 0 aliphatic carbocycles. The average Bonchev–Trinajstić information content (AvgIpc) is 3.15. The molecule has 2 aromatic carbocycles. The van der Waals surface area contributed by atoms with Crippen molar-refractivity contribution in [2.45, 2.75) is 24.5 Å². The molecule has 2 N–H and O–H groups in total. The quantitative estimate of drug-likeness (QED) is 0.528. The number of benzene rings is 2. The van der Waals surface area contributed by atoms with E-state index < -0.39 is 17.4 Å². The molecule has 1 fully saturated rings. The number of hydrogen-bond donors (Lipinski definition) is 1.